The van der Waals surface area contributed by atoms with Gasteiger partial charge in [0.05, 0.1) is 6.04 Å². The van der Waals surface area contributed by atoms with Crippen molar-refractivity contribution in [3.8, 4) is 0 Å². The van der Waals surface area contributed by atoms with Crippen molar-refractivity contribution >= 4 is 11.9 Å². The lowest BCUT2D eigenvalue weighted by Gasteiger charge is -2.08. The summed E-state index contributed by atoms with van der Waals surface area (Å²) in [5, 5.41) is 0. The molecule has 5 N–H and O–H groups in total. The minimum absolute atomic E-state index is 0.00943. The topological polar surface area (TPSA) is 107 Å². The van der Waals surface area contributed by atoms with Gasteiger partial charge in [0.15, 0.2) is 0 Å². The Morgan fingerprint density at radius 3 is 2.58 bits per heavy atom. The van der Waals surface area contributed by atoms with E-state index in [1.165, 1.54) is 0 Å². The first-order valence-corrected chi connectivity index (χ1v) is 3.57. The Bertz CT molecular complexity index is 171. The maximum Gasteiger partial charge on any atom is 0.331 e. The van der Waals surface area contributed by atoms with Crippen LogP contribution in [-0.4, -0.2) is 24.5 Å². The van der Waals surface area contributed by atoms with E-state index in [9.17, 15) is 9.59 Å². The monoisotopic (exact) mass is 175 g/mol. The van der Waals surface area contributed by atoms with Gasteiger partial charge in [-0.2, -0.15) is 5.48 Å². The number of nitrogens with one attached hydrogen (secondary N) is 1. The molecule has 1 amide bonds. The second kappa shape index (κ2) is 5.50. The molecule has 1 atom stereocenters. The summed E-state index contributed by atoms with van der Waals surface area (Å²) in [7, 11) is 0. The minimum atomic E-state index is -0.838. The molecule has 0 saturated carbocycles. The van der Waals surface area contributed by atoms with Crippen molar-refractivity contribution in [2.75, 3.05) is 6.54 Å². The molecule has 0 aliphatic heterocycles. The molecule has 0 aliphatic rings. The second-order valence-electron chi connectivity index (χ2n) is 2.14. The molecular weight excluding hydrogens is 162 g/mol. The molecule has 0 unspecified atom stereocenters. The van der Waals surface area contributed by atoms with E-state index in [1.807, 2.05) is 5.48 Å². The summed E-state index contributed by atoms with van der Waals surface area (Å²) >= 11 is 0. The van der Waals surface area contributed by atoms with Crippen LogP contribution in [0.15, 0.2) is 0 Å². The fraction of sp³-hybridized carbons (Fsp3) is 0.667. The van der Waals surface area contributed by atoms with Crippen molar-refractivity contribution in [3.63, 3.8) is 0 Å². The van der Waals surface area contributed by atoms with E-state index in [-0.39, 0.29) is 13.0 Å². The van der Waals surface area contributed by atoms with Crippen LogP contribution < -0.4 is 16.9 Å². The first kappa shape index (κ1) is 10.9. The van der Waals surface area contributed by atoms with Gasteiger partial charge in [-0.05, 0) is 0 Å². The highest BCUT2D eigenvalue weighted by Crippen LogP contribution is 1.81. The van der Waals surface area contributed by atoms with Crippen molar-refractivity contribution in [2.24, 2.45) is 11.5 Å². The van der Waals surface area contributed by atoms with Crippen molar-refractivity contribution in [1.82, 2.24) is 5.48 Å². The molecule has 0 heterocycles. The Kier molecular flexibility index (Phi) is 4.98. The first-order chi connectivity index (χ1) is 5.61. The predicted molar refractivity (Wildman–Crippen MR) is 41.6 cm³/mol. The molecule has 0 radical (unpaired) electrons. The van der Waals surface area contributed by atoms with Crippen molar-refractivity contribution in [1.29, 1.82) is 0 Å². The van der Waals surface area contributed by atoms with Gasteiger partial charge < -0.3 is 16.3 Å². The molecule has 0 aromatic rings. The van der Waals surface area contributed by atoms with Gasteiger partial charge in [-0.25, -0.2) is 4.79 Å². The van der Waals surface area contributed by atoms with E-state index >= 15 is 0 Å². The van der Waals surface area contributed by atoms with E-state index in [0.717, 1.165) is 0 Å². The van der Waals surface area contributed by atoms with Crippen LogP contribution in [0.25, 0.3) is 0 Å². The van der Waals surface area contributed by atoms with Gasteiger partial charge in [-0.15, -0.1) is 0 Å². The lowest BCUT2D eigenvalue weighted by Crippen LogP contribution is -2.45. The molecule has 0 saturated heterocycles. The number of amides is 1. The molecule has 0 bridgehead atoms. The molecule has 0 aromatic carbocycles. The molecule has 12 heavy (non-hydrogen) atoms. The zero-order valence-electron chi connectivity index (χ0n) is 6.87. The zero-order chi connectivity index (χ0) is 9.56. The molecule has 0 fully saturated rings. The third-order valence-corrected chi connectivity index (χ3v) is 1.14. The van der Waals surface area contributed by atoms with Crippen LogP contribution >= 0.6 is 0 Å². The standard InChI is InChI=1S/C6H13N3O3/c1-2-5(10)12-9-6(11)4(8)3-7/h4H,2-3,7-8H2,1H3,(H,9,11)/t4-/m0/s1. The lowest BCUT2D eigenvalue weighted by molar-refractivity contribution is -0.158. The maximum atomic E-state index is 10.8. The van der Waals surface area contributed by atoms with Gasteiger partial charge in [0, 0.05) is 13.0 Å². The normalized spacial score (nSPS) is 11.9. The summed E-state index contributed by atoms with van der Waals surface area (Å²) in [4.78, 5) is 25.6. The number of carbonyl (C=O) groups excluding carboxylic acids is 2. The van der Waals surface area contributed by atoms with Gasteiger partial charge in [-0.1, -0.05) is 6.92 Å². The summed E-state index contributed by atoms with van der Waals surface area (Å²) in [5.74, 6) is -1.12. The molecule has 6 nitrogen and oxygen atoms in total. The van der Waals surface area contributed by atoms with Crippen LogP contribution in [0, 0.1) is 0 Å². The Labute approximate surface area is 70.2 Å². The van der Waals surface area contributed by atoms with Crippen LogP contribution in [0.2, 0.25) is 0 Å². The van der Waals surface area contributed by atoms with Crippen molar-refractivity contribution < 1.29 is 14.4 Å². The third-order valence-electron chi connectivity index (χ3n) is 1.14. The third kappa shape index (κ3) is 3.89. The number of rotatable bonds is 3. The van der Waals surface area contributed by atoms with Crippen molar-refractivity contribution in [2.45, 2.75) is 19.4 Å². The van der Waals surface area contributed by atoms with E-state index in [4.69, 9.17) is 11.5 Å². The summed E-state index contributed by atoms with van der Waals surface area (Å²) in [6.45, 7) is 1.62. The molecule has 0 rings (SSSR count). The number of hydroxylamine groups is 1. The van der Waals surface area contributed by atoms with Crippen LogP contribution in [0.1, 0.15) is 13.3 Å². The summed E-state index contributed by atoms with van der Waals surface area (Å²) in [5.41, 5.74) is 12.2. The van der Waals surface area contributed by atoms with Crippen LogP contribution in [0.4, 0.5) is 0 Å². The number of nitrogens with two attached hydrogens (primary N) is 2. The van der Waals surface area contributed by atoms with E-state index in [1.54, 1.807) is 6.92 Å². The molecule has 0 aliphatic carbocycles. The maximum absolute atomic E-state index is 10.8. The molecule has 6 heteroatoms. The lowest BCUT2D eigenvalue weighted by atomic mass is 10.3. The van der Waals surface area contributed by atoms with E-state index < -0.39 is 17.9 Å². The molecular formula is C6H13N3O3. The minimum Gasteiger partial charge on any atom is -0.341 e. The van der Waals surface area contributed by atoms with Crippen molar-refractivity contribution in [3.05, 3.63) is 0 Å². The van der Waals surface area contributed by atoms with Gasteiger partial charge in [0.2, 0.25) is 0 Å². The second-order valence-corrected chi connectivity index (χ2v) is 2.14. The predicted octanol–water partition coefficient (Wildman–Crippen LogP) is -1.74. The van der Waals surface area contributed by atoms with Gasteiger partial charge in [0.1, 0.15) is 0 Å². The first-order valence-electron chi connectivity index (χ1n) is 3.57. The Hall–Kier alpha value is -1.14. The van der Waals surface area contributed by atoms with Crippen LogP contribution in [0.3, 0.4) is 0 Å². The van der Waals surface area contributed by atoms with Crippen LogP contribution in [0.5, 0.6) is 0 Å². The molecule has 70 valence electrons. The SMILES string of the molecule is CCC(=O)ONC(=O)[C@@H](N)CN. The van der Waals surface area contributed by atoms with Gasteiger partial charge >= 0.3 is 5.97 Å². The fourth-order valence-electron chi connectivity index (χ4n) is 0.362. The number of hydrogen-bond donors (Lipinski definition) is 3. The van der Waals surface area contributed by atoms with Gasteiger partial charge in [-0.3, -0.25) is 4.79 Å². The van der Waals surface area contributed by atoms with Crippen LogP contribution in [-0.2, 0) is 14.4 Å². The fourth-order valence-corrected chi connectivity index (χ4v) is 0.362. The average molecular weight is 175 g/mol. The summed E-state index contributed by atoms with van der Waals surface area (Å²) in [6.07, 6.45) is 0.193. The quantitative estimate of drug-likeness (QED) is 0.441. The largest absolute Gasteiger partial charge is 0.341 e. The highest BCUT2D eigenvalue weighted by Gasteiger charge is 2.12. The highest BCUT2D eigenvalue weighted by atomic mass is 16.7. The number of carbonyl (C=O) groups is 2. The van der Waals surface area contributed by atoms with E-state index in [0.29, 0.717) is 0 Å². The molecule has 0 aromatic heterocycles. The van der Waals surface area contributed by atoms with E-state index in [2.05, 4.69) is 4.84 Å². The number of hydrogen-bond acceptors (Lipinski definition) is 5. The molecule has 0 spiro atoms. The summed E-state index contributed by atoms with van der Waals surface area (Å²) in [6, 6.07) is -0.838. The van der Waals surface area contributed by atoms with Gasteiger partial charge in [0.25, 0.3) is 5.91 Å². The average Bonchev–Trinajstić information content (AvgIpc) is 2.11. The Morgan fingerprint density at radius 1 is 1.58 bits per heavy atom. The zero-order valence-corrected chi connectivity index (χ0v) is 6.87. The smallest absolute Gasteiger partial charge is 0.331 e. The highest BCUT2D eigenvalue weighted by molar-refractivity contribution is 5.82. The Morgan fingerprint density at radius 2 is 2.17 bits per heavy atom. The summed E-state index contributed by atoms with van der Waals surface area (Å²) < 4.78 is 0. The Balaban J connectivity index is 3.64.